The minimum Gasteiger partial charge on any atom is -0.494 e. The summed E-state index contributed by atoms with van der Waals surface area (Å²) in [5, 5.41) is 18.5. The van der Waals surface area contributed by atoms with Crippen LogP contribution < -0.4 is 17.0 Å². The van der Waals surface area contributed by atoms with E-state index in [4.69, 9.17) is 11.1 Å². The standard InChI is InChI=1S/C26H28F4N6O5/c1-33-21(39)25(35(22(33)40)13-26(28,29)30)11-24(12-25)7-5-16(6-8-24)36-20(38)17(18(31)32)19(37)34(23(36)41)10-14-3-2-4-15(27)9-14/h2-4,9,16,37H,5-8,10-13H2,1H3,(H3,31,32). The number of halogens is 4. The average molecular weight is 581 g/mol. The number of hydrogen-bond acceptors (Lipinski definition) is 6. The van der Waals surface area contributed by atoms with Gasteiger partial charge in [0.05, 0.1) is 6.54 Å². The number of aromatic nitrogens is 2. The maximum Gasteiger partial charge on any atom is 0.406 e. The molecule has 220 valence electrons. The van der Waals surface area contributed by atoms with Gasteiger partial charge in [-0.2, -0.15) is 13.2 Å². The molecule has 5 rings (SSSR count). The third-order valence-corrected chi connectivity index (χ3v) is 8.64. The van der Waals surface area contributed by atoms with Gasteiger partial charge in [0.15, 0.2) is 0 Å². The van der Waals surface area contributed by atoms with E-state index in [0.29, 0.717) is 28.2 Å². The van der Waals surface area contributed by atoms with Gasteiger partial charge in [0, 0.05) is 13.1 Å². The fourth-order valence-corrected chi connectivity index (χ4v) is 6.81. The summed E-state index contributed by atoms with van der Waals surface area (Å²) in [6, 6.07) is 3.60. The molecule has 0 bridgehead atoms. The van der Waals surface area contributed by atoms with Crippen LogP contribution in [0.4, 0.5) is 22.4 Å². The van der Waals surface area contributed by atoms with Crippen molar-refractivity contribution in [2.24, 2.45) is 11.1 Å². The highest BCUT2D eigenvalue weighted by Crippen LogP contribution is 2.62. The van der Waals surface area contributed by atoms with Crippen molar-refractivity contribution in [3.63, 3.8) is 0 Å². The highest BCUT2D eigenvalue weighted by atomic mass is 19.4. The number of nitrogens with one attached hydrogen (secondary N) is 1. The van der Waals surface area contributed by atoms with Gasteiger partial charge in [-0.1, -0.05) is 12.1 Å². The Labute approximate surface area is 230 Å². The average Bonchev–Trinajstić information content (AvgIpc) is 3.03. The molecule has 4 N–H and O–H groups in total. The molecule has 15 heteroatoms. The molecule has 3 amide bonds. The number of hydrogen-bond donors (Lipinski definition) is 3. The third kappa shape index (κ3) is 4.56. The van der Waals surface area contributed by atoms with Gasteiger partial charge < -0.3 is 15.7 Å². The number of nitrogen functional groups attached to an aromatic ring is 1. The Kier molecular flexibility index (Phi) is 6.54. The summed E-state index contributed by atoms with van der Waals surface area (Å²) < 4.78 is 55.2. The monoisotopic (exact) mass is 580 g/mol. The number of likely N-dealkylation sites (N-methyl/N-ethyl adjacent to an activating group) is 1. The summed E-state index contributed by atoms with van der Waals surface area (Å²) in [5.74, 6) is -2.84. The first-order valence-electron chi connectivity index (χ1n) is 12.9. The normalized spacial score (nSPS) is 26.2. The molecule has 2 spiro atoms. The smallest absolute Gasteiger partial charge is 0.406 e. The molecule has 2 heterocycles. The second kappa shape index (κ2) is 9.45. The predicted octanol–water partition coefficient (Wildman–Crippen LogP) is 2.28. The van der Waals surface area contributed by atoms with Crippen molar-refractivity contribution >= 4 is 17.8 Å². The first-order valence-corrected chi connectivity index (χ1v) is 12.9. The van der Waals surface area contributed by atoms with E-state index in [0.717, 1.165) is 22.2 Å². The van der Waals surface area contributed by atoms with Gasteiger partial charge in [-0.05, 0) is 61.6 Å². The van der Waals surface area contributed by atoms with E-state index < -0.39 is 76.0 Å². The van der Waals surface area contributed by atoms with Crippen molar-refractivity contribution in [1.29, 1.82) is 5.41 Å². The van der Waals surface area contributed by atoms with Crippen molar-refractivity contribution in [1.82, 2.24) is 18.9 Å². The second-order valence-corrected chi connectivity index (χ2v) is 11.3. The van der Waals surface area contributed by atoms with Crippen LogP contribution in [0.5, 0.6) is 5.88 Å². The molecule has 3 fully saturated rings. The van der Waals surface area contributed by atoms with Crippen LogP contribution in [-0.4, -0.2) is 67.1 Å². The molecule has 0 radical (unpaired) electrons. The van der Waals surface area contributed by atoms with Crippen LogP contribution >= 0.6 is 0 Å². The lowest BCUT2D eigenvalue weighted by atomic mass is 9.51. The lowest BCUT2D eigenvalue weighted by Gasteiger charge is -2.58. The number of amidine groups is 1. The fraction of sp³-hybridized carbons (Fsp3) is 0.500. The second-order valence-electron chi connectivity index (χ2n) is 11.3. The summed E-state index contributed by atoms with van der Waals surface area (Å²) in [5.41, 5.74) is 1.31. The van der Waals surface area contributed by atoms with Crippen molar-refractivity contribution in [3.8, 4) is 5.88 Å². The Morgan fingerprint density at radius 1 is 1.15 bits per heavy atom. The van der Waals surface area contributed by atoms with Crippen LogP contribution in [-0.2, 0) is 11.3 Å². The molecule has 0 unspecified atom stereocenters. The van der Waals surface area contributed by atoms with E-state index in [1.165, 1.54) is 18.2 Å². The molecule has 1 aromatic heterocycles. The van der Waals surface area contributed by atoms with Crippen molar-refractivity contribution < 1.29 is 32.3 Å². The Hall–Kier alpha value is -4.17. The Morgan fingerprint density at radius 3 is 2.34 bits per heavy atom. The van der Waals surface area contributed by atoms with Crippen molar-refractivity contribution in [2.75, 3.05) is 13.6 Å². The maximum atomic E-state index is 13.7. The number of urea groups is 1. The van der Waals surface area contributed by atoms with Gasteiger partial charge in [0.2, 0.25) is 5.88 Å². The number of aromatic hydroxyl groups is 1. The molecule has 1 aromatic carbocycles. The molecule has 11 nitrogen and oxygen atoms in total. The molecule has 3 aliphatic rings. The first kappa shape index (κ1) is 28.4. The molecular weight excluding hydrogens is 552 g/mol. The van der Waals surface area contributed by atoms with Gasteiger partial charge in [-0.15, -0.1) is 0 Å². The van der Waals surface area contributed by atoms with Gasteiger partial charge >= 0.3 is 17.9 Å². The summed E-state index contributed by atoms with van der Waals surface area (Å²) in [4.78, 5) is 53.4. The molecular formula is C26H28F4N6O5. The lowest BCUT2D eigenvalue weighted by Crippen LogP contribution is -2.65. The third-order valence-electron chi connectivity index (χ3n) is 8.64. The Morgan fingerprint density at radius 2 is 1.78 bits per heavy atom. The first-order chi connectivity index (χ1) is 19.1. The number of alkyl halides is 3. The van der Waals surface area contributed by atoms with Crippen LogP contribution in [0, 0.1) is 16.6 Å². The summed E-state index contributed by atoms with van der Waals surface area (Å²) in [7, 11) is 1.16. The van der Waals surface area contributed by atoms with Crippen molar-refractivity contribution in [3.05, 3.63) is 62.0 Å². The van der Waals surface area contributed by atoms with Crippen LogP contribution in [0.1, 0.15) is 55.7 Å². The molecule has 2 saturated carbocycles. The summed E-state index contributed by atoms with van der Waals surface area (Å²) in [6.07, 6.45) is -3.42. The SMILES string of the molecule is CN1C(=O)N(CC(F)(F)F)C2(CC3(CCC(n4c(=O)c(C(=N)N)c(O)n(Cc5cccc(F)c5)c4=O)CC3)C2)C1=O. The summed E-state index contributed by atoms with van der Waals surface area (Å²) >= 11 is 0. The number of carbonyl (C=O) groups is 2. The highest BCUT2D eigenvalue weighted by molar-refractivity contribution is 6.07. The zero-order chi connectivity index (χ0) is 30.1. The number of rotatable bonds is 5. The van der Waals surface area contributed by atoms with E-state index in [-0.39, 0.29) is 32.2 Å². The zero-order valence-electron chi connectivity index (χ0n) is 22.0. The van der Waals surface area contributed by atoms with Gasteiger partial charge in [-0.3, -0.25) is 29.0 Å². The van der Waals surface area contributed by atoms with Crippen LogP contribution in [0.25, 0.3) is 0 Å². The quantitative estimate of drug-likeness (QED) is 0.213. The minimum atomic E-state index is -4.69. The number of nitrogens with two attached hydrogens (primary N) is 1. The summed E-state index contributed by atoms with van der Waals surface area (Å²) in [6.45, 7) is -1.84. The number of nitrogens with zero attached hydrogens (tertiary/aromatic N) is 4. The lowest BCUT2D eigenvalue weighted by molar-refractivity contribution is -0.173. The minimum absolute atomic E-state index is 0.0324. The fourth-order valence-electron chi connectivity index (χ4n) is 6.81. The number of carbonyl (C=O) groups excluding carboxylic acids is 2. The molecule has 1 aliphatic heterocycles. The van der Waals surface area contributed by atoms with E-state index in [1.807, 2.05) is 0 Å². The number of amides is 3. The Bertz CT molecular complexity index is 1570. The highest BCUT2D eigenvalue weighted by Gasteiger charge is 2.69. The zero-order valence-corrected chi connectivity index (χ0v) is 22.0. The van der Waals surface area contributed by atoms with Gasteiger partial charge in [0.25, 0.3) is 11.5 Å². The van der Waals surface area contributed by atoms with Crippen LogP contribution in [0.2, 0.25) is 0 Å². The molecule has 2 aliphatic carbocycles. The van der Waals surface area contributed by atoms with E-state index in [2.05, 4.69) is 0 Å². The van der Waals surface area contributed by atoms with E-state index in [9.17, 15) is 41.8 Å². The molecule has 0 atom stereocenters. The van der Waals surface area contributed by atoms with Crippen LogP contribution in [0.3, 0.4) is 0 Å². The van der Waals surface area contributed by atoms with E-state index in [1.54, 1.807) is 0 Å². The van der Waals surface area contributed by atoms with E-state index >= 15 is 0 Å². The Balaban J connectivity index is 1.42. The largest absolute Gasteiger partial charge is 0.494 e. The maximum absolute atomic E-state index is 13.7. The number of imide groups is 1. The predicted molar refractivity (Wildman–Crippen MR) is 136 cm³/mol. The number of benzene rings is 1. The van der Waals surface area contributed by atoms with Gasteiger partial charge in [0.1, 0.15) is 29.3 Å². The topological polar surface area (TPSA) is 155 Å². The van der Waals surface area contributed by atoms with Crippen molar-refractivity contribution in [2.45, 2.75) is 62.8 Å². The van der Waals surface area contributed by atoms with Gasteiger partial charge in [-0.25, -0.2) is 14.0 Å². The molecule has 2 aromatic rings. The molecule has 41 heavy (non-hydrogen) atoms. The van der Waals surface area contributed by atoms with Crippen LogP contribution in [0.15, 0.2) is 33.9 Å². The molecule has 1 saturated heterocycles.